The van der Waals surface area contributed by atoms with E-state index >= 15 is 0 Å². The minimum Gasteiger partial charge on any atom is -0.497 e. The lowest BCUT2D eigenvalue weighted by molar-refractivity contribution is -0.383. The van der Waals surface area contributed by atoms with Crippen molar-refractivity contribution < 1.29 is 14.4 Å². The Bertz CT molecular complexity index is 1150. The van der Waals surface area contributed by atoms with Crippen molar-refractivity contribution in [2.24, 2.45) is 5.92 Å². The van der Waals surface area contributed by atoms with Gasteiger partial charge in [0.25, 0.3) is 0 Å². The first kappa shape index (κ1) is 23.1. The van der Waals surface area contributed by atoms with E-state index in [1.54, 1.807) is 32.4 Å². The van der Waals surface area contributed by atoms with Crippen LogP contribution in [-0.4, -0.2) is 42.2 Å². The van der Waals surface area contributed by atoms with Gasteiger partial charge in [0.05, 0.1) is 24.8 Å². The molecule has 0 spiro atoms. The van der Waals surface area contributed by atoms with E-state index in [2.05, 4.69) is 27.4 Å². The number of nitrogens with zero attached hydrogens (tertiary/aromatic N) is 4. The zero-order valence-corrected chi connectivity index (χ0v) is 19.2. The molecule has 4 rings (SSSR count). The summed E-state index contributed by atoms with van der Waals surface area (Å²) in [6.07, 6.45) is 2.80. The average molecular weight is 465 g/mol. The second kappa shape index (κ2) is 10.2. The van der Waals surface area contributed by atoms with Crippen molar-refractivity contribution in [3.8, 4) is 11.5 Å². The quantitative estimate of drug-likeness (QED) is 0.372. The summed E-state index contributed by atoms with van der Waals surface area (Å²) in [5.41, 5.74) is 7.61. The van der Waals surface area contributed by atoms with Crippen LogP contribution in [0.1, 0.15) is 18.4 Å². The molecule has 0 aliphatic carbocycles. The average Bonchev–Trinajstić information content (AvgIpc) is 2.84. The van der Waals surface area contributed by atoms with Crippen molar-refractivity contribution >= 4 is 29.0 Å². The molecule has 10 heteroatoms. The Hall–Kier alpha value is -4.08. The van der Waals surface area contributed by atoms with Crippen LogP contribution in [0.5, 0.6) is 11.5 Å². The summed E-state index contributed by atoms with van der Waals surface area (Å²) in [6, 6.07) is 15.6. The third kappa shape index (κ3) is 5.11. The largest absolute Gasteiger partial charge is 0.497 e. The van der Waals surface area contributed by atoms with E-state index in [0.717, 1.165) is 19.3 Å². The maximum Gasteiger partial charge on any atom is 0.353 e. The Balaban J connectivity index is 1.57. The van der Waals surface area contributed by atoms with Gasteiger partial charge in [0.1, 0.15) is 11.5 Å². The highest BCUT2D eigenvalue weighted by molar-refractivity contribution is 5.73. The number of methoxy groups -OCH3 is 2. The standard InChI is InChI=1S/C24H28N6O4/c1-33-18-8-9-20(34-2)19(15-18)26-24-27-22(25)21(30(31)32)23(28-24)29-12-10-17(11-13-29)14-16-6-4-3-5-7-16/h3-9,15,17H,10-14H2,1-2H3,(H3,25,26,27,28). The van der Waals surface area contributed by atoms with Crippen molar-refractivity contribution in [1.82, 2.24) is 9.97 Å². The van der Waals surface area contributed by atoms with Gasteiger partial charge in [0.2, 0.25) is 17.6 Å². The molecule has 3 aromatic rings. The van der Waals surface area contributed by atoms with Crippen LogP contribution in [0.3, 0.4) is 0 Å². The fraction of sp³-hybridized carbons (Fsp3) is 0.333. The number of nitrogens with one attached hydrogen (secondary N) is 1. The van der Waals surface area contributed by atoms with Crippen molar-refractivity contribution in [1.29, 1.82) is 0 Å². The third-order valence-corrected chi connectivity index (χ3v) is 6.01. The molecule has 0 amide bonds. The van der Waals surface area contributed by atoms with E-state index < -0.39 is 4.92 Å². The summed E-state index contributed by atoms with van der Waals surface area (Å²) >= 11 is 0. The highest BCUT2D eigenvalue weighted by Gasteiger charge is 2.30. The number of nitro groups is 1. The Morgan fingerprint density at radius 1 is 1.12 bits per heavy atom. The van der Waals surface area contributed by atoms with Gasteiger partial charge >= 0.3 is 5.69 Å². The highest BCUT2D eigenvalue weighted by Crippen LogP contribution is 2.37. The highest BCUT2D eigenvalue weighted by atomic mass is 16.6. The molecule has 178 valence electrons. The third-order valence-electron chi connectivity index (χ3n) is 6.01. The molecular weight excluding hydrogens is 436 g/mol. The van der Waals surface area contributed by atoms with Crippen LogP contribution in [0.15, 0.2) is 48.5 Å². The van der Waals surface area contributed by atoms with Gasteiger partial charge in [-0.1, -0.05) is 30.3 Å². The van der Waals surface area contributed by atoms with Crippen molar-refractivity contribution in [2.75, 3.05) is 43.3 Å². The lowest BCUT2D eigenvalue weighted by Gasteiger charge is -2.32. The maximum atomic E-state index is 11.8. The van der Waals surface area contributed by atoms with Crippen LogP contribution in [-0.2, 0) is 6.42 Å². The Morgan fingerprint density at radius 2 is 1.85 bits per heavy atom. The number of hydrogen-bond acceptors (Lipinski definition) is 9. The second-order valence-electron chi connectivity index (χ2n) is 8.17. The molecule has 34 heavy (non-hydrogen) atoms. The molecule has 2 aromatic carbocycles. The number of rotatable bonds is 8. The molecule has 1 aliphatic heterocycles. The zero-order valence-electron chi connectivity index (χ0n) is 19.2. The first-order valence-corrected chi connectivity index (χ1v) is 11.1. The van der Waals surface area contributed by atoms with Gasteiger partial charge in [-0.05, 0) is 42.9 Å². The fourth-order valence-corrected chi connectivity index (χ4v) is 4.24. The Labute approximate surface area is 197 Å². The van der Waals surface area contributed by atoms with E-state index in [9.17, 15) is 10.1 Å². The van der Waals surface area contributed by atoms with Crippen molar-refractivity contribution in [2.45, 2.75) is 19.3 Å². The van der Waals surface area contributed by atoms with Crippen molar-refractivity contribution in [3.63, 3.8) is 0 Å². The fourth-order valence-electron chi connectivity index (χ4n) is 4.24. The van der Waals surface area contributed by atoms with E-state index in [1.807, 2.05) is 23.1 Å². The number of hydrogen-bond donors (Lipinski definition) is 2. The van der Waals surface area contributed by atoms with E-state index in [1.165, 1.54) is 5.56 Å². The van der Waals surface area contributed by atoms with Gasteiger partial charge in [-0.25, -0.2) is 0 Å². The summed E-state index contributed by atoms with van der Waals surface area (Å²) < 4.78 is 10.7. The summed E-state index contributed by atoms with van der Waals surface area (Å²) in [7, 11) is 3.11. The number of piperidine rings is 1. The van der Waals surface area contributed by atoms with Crippen LogP contribution < -0.4 is 25.4 Å². The molecule has 3 N–H and O–H groups in total. The first-order valence-electron chi connectivity index (χ1n) is 11.1. The number of anilines is 4. The molecular formula is C24H28N6O4. The second-order valence-corrected chi connectivity index (χ2v) is 8.17. The van der Waals surface area contributed by atoms with E-state index in [-0.39, 0.29) is 23.3 Å². The molecule has 1 fully saturated rings. The molecule has 0 unspecified atom stereocenters. The molecule has 1 aliphatic rings. The lowest BCUT2D eigenvalue weighted by Crippen LogP contribution is -2.35. The molecule has 0 saturated carbocycles. The number of aromatic nitrogens is 2. The number of nitrogens with two attached hydrogens (primary N) is 1. The minimum absolute atomic E-state index is 0.149. The van der Waals surface area contributed by atoms with E-state index in [0.29, 0.717) is 36.2 Å². The number of ether oxygens (including phenoxy) is 2. The van der Waals surface area contributed by atoms with Crippen LogP contribution in [0.25, 0.3) is 0 Å². The van der Waals surface area contributed by atoms with Gasteiger partial charge in [0, 0.05) is 19.2 Å². The molecule has 0 radical (unpaired) electrons. The topological polar surface area (TPSA) is 129 Å². The normalized spacial score (nSPS) is 14.0. The van der Waals surface area contributed by atoms with Crippen LogP contribution in [0, 0.1) is 16.0 Å². The molecule has 1 aromatic heterocycles. The SMILES string of the molecule is COc1ccc(OC)c(Nc2nc(N)c([N+](=O)[O-])c(N3CCC(Cc4ccccc4)CC3)n2)c1. The van der Waals surface area contributed by atoms with Gasteiger partial charge < -0.3 is 25.4 Å². The van der Waals surface area contributed by atoms with Gasteiger partial charge in [-0.15, -0.1) is 0 Å². The van der Waals surface area contributed by atoms with Crippen LogP contribution in [0.4, 0.5) is 29.0 Å². The smallest absolute Gasteiger partial charge is 0.353 e. The summed E-state index contributed by atoms with van der Waals surface area (Å²) in [4.78, 5) is 21.8. The summed E-state index contributed by atoms with van der Waals surface area (Å²) in [5.74, 6) is 1.85. The summed E-state index contributed by atoms with van der Waals surface area (Å²) in [6.45, 7) is 1.30. The lowest BCUT2D eigenvalue weighted by atomic mass is 9.90. The van der Waals surface area contributed by atoms with E-state index in [4.69, 9.17) is 15.2 Å². The maximum absolute atomic E-state index is 11.8. The van der Waals surface area contributed by atoms with Crippen LogP contribution >= 0.6 is 0 Å². The predicted molar refractivity (Wildman–Crippen MR) is 131 cm³/mol. The van der Waals surface area contributed by atoms with Gasteiger partial charge in [-0.2, -0.15) is 9.97 Å². The molecule has 10 nitrogen and oxygen atoms in total. The molecule has 0 atom stereocenters. The van der Waals surface area contributed by atoms with Gasteiger partial charge in [-0.3, -0.25) is 10.1 Å². The molecule has 2 heterocycles. The van der Waals surface area contributed by atoms with Crippen molar-refractivity contribution in [3.05, 3.63) is 64.2 Å². The number of benzene rings is 2. The predicted octanol–water partition coefficient (Wildman–Crippen LogP) is 4.19. The monoisotopic (exact) mass is 464 g/mol. The minimum atomic E-state index is -0.517. The number of nitrogen functional groups attached to an aromatic ring is 1. The molecule has 1 saturated heterocycles. The Kier molecular flexibility index (Phi) is 6.95. The Morgan fingerprint density at radius 3 is 2.50 bits per heavy atom. The molecule has 0 bridgehead atoms. The first-order chi connectivity index (χ1) is 16.5. The van der Waals surface area contributed by atoms with Crippen LogP contribution in [0.2, 0.25) is 0 Å². The zero-order chi connectivity index (χ0) is 24.1. The van der Waals surface area contributed by atoms with Gasteiger partial charge in [0.15, 0.2) is 0 Å². The summed E-state index contributed by atoms with van der Waals surface area (Å²) in [5, 5.41) is 14.9.